The van der Waals surface area contributed by atoms with Gasteiger partial charge in [0.05, 0.1) is 14.2 Å². The zero-order valence-corrected chi connectivity index (χ0v) is 12.2. The summed E-state index contributed by atoms with van der Waals surface area (Å²) in [6.45, 7) is 5.22. The lowest BCUT2D eigenvalue weighted by Gasteiger charge is -2.14. The number of methoxy groups -OCH3 is 2. The van der Waals surface area contributed by atoms with Crippen molar-refractivity contribution in [2.24, 2.45) is 0 Å². The minimum absolute atomic E-state index is 0.214. The summed E-state index contributed by atoms with van der Waals surface area (Å²) in [5.41, 5.74) is 2.34. The van der Waals surface area contributed by atoms with Gasteiger partial charge in [0.1, 0.15) is 17.3 Å². The van der Waals surface area contributed by atoms with Gasteiger partial charge in [-0.1, -0.05) is 0 Å². The molecule has 0 aliphatic carbocycles. The van der Waals surface area contributed by atoms with Crippen LogP contribution in [0.3, 0.4) is 0 Å². The van der Waals surface area contributed by atoms with Gasteiger partial charge in [-0.15, -0.1) is 0 Å². The van der Waals surface area contributed by atoms with E-state index >= 15 is 0 Å². The molecule has 0 bridgehead atoms. The zero-order valence-electron chi connectivity index (χ0n) is 12.2. The highest BCUT2D eigenvalue weighted by molar-refractivity contribution is 5.75. The van der Waals surface area contributed by atoms with Gasteiger partial charge in [-0.25, -0.2) is 0 Å². The van der Waals surface area contributed by atoms with Gasteiger partial charge >= 0.3 is 0 Å². The standard InChI is InChI=1S/C15H23NO3/c1-11-9-13(18-3)10-15(19-4)14(11)6-8-16-7-5-12(2)17/h9-10,16H,5-8H2,1-4H3. The summed E-state index contributed by atoms with van der Waals surface area (Å²) in [7, 11) is 3.32. The lowest BCUT2D eigenvalue weighted by Crippen LogP contribution is -2.20. The van der Waals surface area contributed by atoms with E-state index in [2.05, 4.69) is 12.2 Å². The molecule has 0 unspecified atom stereocenters. The molecule has 0 atom stereocenters. The minimum atomic E-state index is 0.214. The summed E-state index contributed by atoms with van der Waals surface area (Å²) in [4.78, 5) is 10.8. The van der Waals surface area contributed by atoms with Crippen LogP contribution in [0.25, 0.3) is 0 Å². The van der Waals surface area contributed by atoms with E-state index < -0.39 is 0 Å². The van der Waals surface area contributed by atoms with E-state index in [4.69, 9.17) is 9.47 Å². The van der Waals surface area contributed by atoms with Crippen molar-refractivity contribution in [1.29, 1.82) is 0 Å². The molecule has 0 aromatic heterocycles. The monoisotopic (exact) mass is 265 g/mol. The molecule has 0 radical (unpaired) electrons. The quantitative estimate of drug-likeness (QED) is 0.731. The van der Waals surface area contributed by atoms with Gasteiger partial charge in [0.2, 0.25) is 0 Å². The van der Waals surface area contributed by atoms with Crippen LogP contribution < -0.4 is 14.8 Å². The number of Topliss-reactive ketones (excluding diaryl/α,β-unsaturated/α-hetero) is 1. The van der Waals surface area contributed by atoms with Crippen LogP contribution in [0.2, 0.25) is 0 Å². The number of nitrogens with one attached hydrogen (secondary N) is 1. The van der Waals surface area contributed by atoms with Crippen molar-refractivity contribution in [2.75, 3.05) is 27.3 Å². The molecule has 1 aromatic carbocycles. The summed E-state index contributed by atoms with van der Waals surface area (Å²) in [6, 6.07) is 3.91. The van der Waals surface area contributed by atoms with Crippen molar-refractivity contribution in [1.82, 2.24) is 5.32 Å². The fraction of sp³-hybridized carbons (Fsp3) is 0.533. The SMILES string of the molecule is COc1cc(C)c(CCNCCC(C)=O)c(OC)c1. The van der Waals surface area contributed by atoms with E-state index in [-0.39, 0.29) is 5.78 Å². The molecule has 0 fully saturated rings. The van der Waals surface area contributed by atoms with Crippen LogP contribution in [0.15, 0.2) is 12.1 Å². The molecule has 0 aliphatic heterocycles. The lowest BCUT2D eigenvalue weighted by molar-refractivity contribution is -0.116. The molecule has 19 heavy (non-hydrogen) atoms. The Morgan fingerprint density at radius 3 is 2.53 bits per heavy atom. The third-order valence-electron chi connectivity index (χ3n) is 3.07. The number of aryl methyl sites for hydroxylation is 1. The number of rotatable bonds is 8. The first-order valence-corrected chi connectivity index (χ1v) is 6.50. The van der Waals surface area contributed by atoms with Crippen LogP contribution in [0, 0.1) is 6.92 Å². The smallest absolute Gasteiger partial charge is 0.131 e. The Morgan fingerprint density at radius 1 is 1.21 bits per heavy atom. The summed E-state index contributed by atoms with van der Waals surface area (Å²) < 4.78 is 10.6. The summed E-state index contributed by atoms with van der Waals surface area (Å²) in [5, 5.41) is 3.26. The van der Waals surface area contributed by atoms with Crippen LogP contribution in [-0.4, -0.2) is 33.1 Å². The van der Waals surface area contributed by atoms with Crippen molar-refractivity contribution >= 4 is 5.78 Å². The number of hydrogen-bond acceptors (Lipinski definition) is 4. The molecule has 0 spiro atoms. The highest BCUT2D eigenvalue weighted by Gasteiger charge is 2.09. The number of carbonyl (C=O) groups excluding carboxylic acids is 1. The van der Waals surface area contributed by atoms with Gasteiger partial charge in [-0.2, -0.15) is 0 Å². The van der Waals surface area contributed by atoms with Crippen LogP contribution >= 0.6 is 0 Å². The molecule has 0 heterocycles. The van der Waals surface area contributed by atoms with Crippen LogP contribution in [0.4, 0.5) is 0 Å². The second kappa shape index (κ2) is 7.79. The lowest BCUT2D eigenvalue weighted by atomic mass is 10.0. The van der Waals surface area contributed by atoms with Crippen LogP contribution in [0.1, 0.15) is 24.5 Å². The van der Waals surface area contributed by atoms with E-state index in [9.17, 15) is 4.79 Å². The Balaban J connectivity index is 2.59. The third kappa shape index (κ3) is 4.91. The van der Waals surface area contributed by atoms with Gasteiger partial charge in [-0.05, 0) is 44.0 Å². The predicted octanol–water partition coefficient (Wildman–Crippen LogP) is 2.12. The maximum absolute atomic E-state index is 10.8. The molecule has 1 aromatic rings. The Labute approximate surface area is 115 Å². The zero-order chi connectivity index (χ0) is 14.3. The number of carbonyl (C=O) groups is 1. The molecule has 1 N–H and O–H groups in total. The molecule has 0 saturated heterocycles. The first kappa shape index (κ1) is 15.5. The summed E-state index contributed by atoms with van der Waals surface area (Å²) in [5.74, 6) is 1.87. The first-order chi connectivity index (χ1) is 9.08. The first-order valence-electron chi connectivity index (χ1n) is 6.50. The van der Waals surface area contributed by atoms with Crippen molar-refractivity contribution in [2.45, 2.75) is 26.7 Å². The highest BCUT2D eigenvalue weighted by Crippen LogP contribution is 2.28. The van der Waals surface area contributed by atoms with Crippen molar-refractivity contribution < 1.29 is 14.3 Å². The molecule has 0 aliphatic rings. The molecule has 4 nitrogen and oxygen atoms in total. The van der Waals surface area contributed by atoms with Crippen molar-refractivity contribution in [3.63, 3.8) is 0 Å². The molecular weight excluding hydrogens is 242 g/mol. The van der Waals surface area contributed by atoms with Crippen molar-refractivity contribution in [3.05, 3.63) is 23.3 Å². The minimum Gasteiger partial charge on any atom is -0.497 e. The highest BCUT2D eigenvalue weighted by atomic mass is 16.5. The average Bonchev–Trinajstić information content (AvgIpc) is 2.38. The molecule has 4 heteroatoms. The number of hydrogen-bond donors (Lipinski definition) is 1. The Bertz CT molecular complexity index is 430. The predicted molar refractivity (Wildman–Crippen MR) is 76.2 cm³/mol. The number of ketones is 1. The van der Waals surface area contributed by atoms with E-state index in [1.807, 2.05) is 12.1 Å². The number of ether oxygens (including phenoxy) is 2. The van der Waals surface area contributed by atoms with Crippen LogP contribution in [-0.2, 0) is 11.2 Å². The largest absolute Gasteiger partial charge is 0.497 e. The van der Waals surface area contributed by atoms with Crippen molar-refractivity contribution in [3.8, 4) is 11.5 Å². The molecule has 0 saturated carbocycles. The van der Waals surface area contributed by atoms with Gasteiger partial charge in [0.25, 0.3) is 0 Å². The third-order valence-corrected chi connectivity index (χ3v) is 3.07. The second-order valence-corrected chi connectivity index (χ2v) is 4.58. The van der Waals surface area contributed by atoms with E-state index in [1.165, 1.54) is 5.56 Å². The Hall–Kier alpha value is -1.55. The van der Waals surface area contributed by atoms with E-state index in [1.54, 1.807) is 21.1 Å². The maximum Gasteiger partial charge on any atom is 0.131 e. The molecule has 1 rings (SSSR count). The Kier molecular flexibility index (Phi) is 6.36. The summed E-state index contributed by atoms with van der Waals surface area (Å²) >= 11 is 0. The summed E-state index contributed by atoms with van der Waals surface area (Å²) in [6.07, 6.45) is 1.45. The van der Waals surface area contributed by atoms with Gasteiger partial charge < -0.3 is 14.8 Å². The average molecular weight is 265 g/mol. The van der Waals surface area contributed by atoms with Gasteiger partial charge in [0, 0.05) is 19.0 Å². The topological polar surface area (TPSA) is 47.6 Å². The molecule has 0 amide bonds. The molecule has 106 valence electrons. The normalized spacial score (nSPS) is 10.3. The van der Waals surface area contributed by atoms with E-state index in [0.717, 1.165) is 36.6 Å². The fourth-order valence-electron chi connectivity index (χ4n) is 1.98. The van der Waals surface area contributed by atoms with Gasteiger partial charge in [0.15, 0.2) is 0 Å². The van der Waals surface area contributed by atoms with Crippen LogP contribution in [0.5, 0.6) is 11.5 Å². The fourth-order valence-corrected chi connectivity index (χ4v) is 1.98. The number of benzene rings is 1. The molecular formula is C15H23NO3. The Morgan fingerprint density at radius 2 is 1.95 bits per heavy atom. The van der Waals surface area contributed by atoms with Gasteiger partial charge in [-0.3, -0.25) is 4.79 Å². The van der Waals surface area contributed by atoms with E-state index in [0.29, 0.717) is 6.42 Å². The maximum atomic E-state index is 10.8. The second-order valence-electron chi connectivity index (χ2n) is 4.58.